The van der Waals surface area contributed by atoms with Crippen LogP contribution in [-0.2, 0) is 18.3 Å². The summed E-state index contributed by atoms with van der Waals surface area (Å²) in [6, 6.07) is 2.31. The molecular weight excluding hydrogens is 192 g/mol. The van der Waals surface area contributed by atoms with Gasteiger partial charge in [-0.05, 0) is 37.3 Å². The van der Waals surface area contributed by atoms with E-state index in [9.17, 15) is 5.11 Å². The van der Waals surface area contributed by atoms with Crippen molar-refractivity contribution < 1.29 is 5.11 Å². The van der Waals surface area contributed by atoms with E-state index in [0.29, 0.717) is 0 Å². The zero-order valence-corrected chi connectivity index (χ0v) is 9.78. The largest absolute Gasteiger partial charge is 0.395 e. The Labute approximate surface area is 89.8 Å². The van der Waals surface area contributed by atoms with E-state index in [1.807, 2.05) is 11.3 Å². The fourth-order valence-corrected chi connectivity index (χ4v) is 3.25. The molecule has 78 valence electrons. The van der Waals surface area contributed by atoms with E-state index < -0.39 is 0 Å². The first-order chi connectivity index (χ1) is 6.63. The molecule has 14 heavy (non-hydrogen) atoms. The summed E-state index contributed by atoms with van der Waals surface area (Å²) < 4.78 is 0. The second-order valence-corrected chi connectivity index (χ2v) is 5.94. The summed E-state index contributed by atoms with van der Waals surface area (Å²) in [6.07, 6.45) is 5.17. The Morgan fingerprint density at radius 1 is 1.36 bits per heavy atom. The SMILES string of the molecule is CC(C)(CO)c1cc2c(s1)CCCC2. The van der Waals surface area contributed by atoms with Gasteiger partial charge in [0.15, 0.2) is 0 Å². The van der Waals surface area contributed by atoms with Gasteiger partial charge >= 0.3 is 0 Å². The molecule has 0 unspecified atom stereocenters. The highest BCUT2D eigenvalue weighted by Gasteiger charge is 2.24. The third-order valence-electron chi connectivity index (χ3n) is 3.06. The summed E-state index contributed by atoms with van der Waals surface area (Å²) in [5.41, 5.74) is 1.49. The maximum atomic E-state index is 9.32. The maximum Gasteiger partial charge on any atom is 0.0530 e. The van der Waals surface area contributed by atoms with Crippen LogP contribution in [0, 0.1) is 0 Å². The van der Waals surface area contributed by atoms with Crippen LogP contribution in [0.2, 0.25) is 0 Å². The van der Waals surface area contributed by atoms with E-state index in [4.69, 9.17) is 0 Å². The van der Waals surface area contributed by atoms with Gasteiger partial charge < -0.3 is 5.11 Å². The van der Waals surface area contributed by atoms with Crippen LogP contribution in [0.25, 0.3) is 0 Å². The van der Waals surface area contributed by atoms with Crippen LogP contribution in [0.4, 0.5) is 0 Å². The number of hydrogen-bond donors (Lipinski definition) is 1. The second kappa shape index (κ2) is 3.67. The molecule has 0 atom stereocenters. The van der Waals surface area contributed by atoms with Crippen LogP contribution in [0.15, 0.2) is 6.07 Å². The Morgan fingerprint density at radius 3 is 2.71 bits per heavy atom. The summed E-state index contributed by atoms with van der Waals surface area (Å²) >= 11 is 1.91. The molecule has 2 heteroatoms. The fourth-order valence-electron chi connectivity index (χ4n) is 1.90. The van der Waals surface area contributed by atoms with Crippen molar-refractivity contribution in [2.45, 2.75) is 44.9 Å². The highest BCUT2D eigenvalue weighted by Crippen LogP contribution is 2.36. The zero-order valence-electron chi connectivity index (χ0n) is 8.97. The minimum Gasteiger partial charge on any atom is -0.395 e. The smallest absolute Gasteiger partial charge is 0.0530 e. The summed E-state index contributed by atoms with van der Waals surface area (Å²) in [5.74, 6) is 0. The van der Waals surface area contributed by atoms with Gasteiger partial charge in [0, 0.05) is 15.2 Å². The Kier molecular flexibility index (Phi) is 2.67. The first kappa shape index (κ1) is 10.2. The molecule has 1 aromatic heterocycles. The Hall–Kier alpha value is -0.340. The lowest BCUT2D eigenvalue weighted by molar-refractivity contribution is 0.221. The summed E-state index contributed by atoms with van der Waals surface area (Å²) in [4.78, 5) is 2.92. The van der Waals surface area contributed by atoms with Gasteiger partial charge in [-0.25, -0.2) is 0 Å². The van der Waals surface area contributed by atoms with Crippen LogP contribution in [0.3, 0.4) is 0 Å². The van der Waals surface area contributed by atoms with Gasteiger partial charge in [-0.15, -0.1) is 11.3 Å². The highest BCUT2D eigenvalue weighted by molar-refractivity contribution is 7.12. The molecular formula is C12H18OS. The number of fused-ring (bicyclic) bond motifs is 1. The third kappa shape index (κ3) is 1.73. The summed E-state index contributed by atoms with van der Waals surface area (Å²) in [6.45, 7) is 4.47. The van der Waals surface area contributed by atoms with E-state index in [-0.39, 0.29) is 12.0 Å². The van der Waals surface area contributed by atoms with E-state index in [0.717, 1.165) is 0 Å². The third-order valence-corrected chi connectivity index (χ3v) is 4.66. The molecule has 0 fully saturated rings. The molecule has 0 amide bonds. The predicted octanol–water partition coefficient (Wildman–Crippen LogP) is 2.90. The van der Waals surface area contributed by atoms with E-state index in [2.05, 4.69) is 19.9 Å². The molecule has 1 aliphatic carbocycles. The van der Waals surface area contributed by atoms with Crippen LogP contribution in [-0.4, -0.2) is 11.7 Å². The lowest BCUT2D eigenvalue weighted by Crippen LogP contribution is -2.20. The fraction of sp³-hybridized carbons (Fsp3) is 0.667. The Morgan fingerprint density at radius 2 is 2.07 bits per heavy atom. The van der Waals surface area contributed by atoms with Gasteiger partial charge in [0.25, 0.3) is 0 Å². The van der Waals surface area contributed by atoms with Crippen molar-refractivity contribution in [1.29, 1.82) is 0 Å². The van der Waals surface area contributed by atoms with Crippen molar-refractivity contribution in [3.8, 4) is 0 Å². The van der Waals surface area contributed by atoms with Crippen LogP contribution >= 0.6 is 11.3 Å². The first-order valence-electron chi connectivity index (χ1n) is 5.36. The lowest BCUT2D eigenvalue weighted by Gasteiger charge is -2.19. The van der Waals surface area contributed by atoms with Crippen molar-refractivity contribution in [2.24, 2.45) is 0 Å². The predicted molar refractivity (Wildman–Crippen MR) is 61.1 cm³/mol. The van der Waals surface area contributed by atoms with Crippen molar-refractivity contribution in [3.05, 3.63) is 21.4 Å². The standard InChI is InChI=1S/C12H18OS/c1-12(2,8-13)11-7-9-5-3-4-6-10(9)14-11/h7,13H,3-6,8H2,1-2H3. The minimum absolute atomic E-state index is 0.0536. The molecule has 1 heterocycles. The quantitative estimate of drug-likeness (QED) is 0.796. The summed E-state index contributed by atoms with van der Waals surface area (Å²) in [5, 5.41) is 9.32. The molecule has 2 rings (SSSR count). The van der Waals surface area contributed by atoms with Crippen molar-refractivity contribution in [1.82, 2.24) is 0 Å². The van der Waals surface area contributed by atoms with Crippen LogP contribution in [0.1, 0.15) is 42.0 Å². The van der Waals surface area contributed by atoms with Crippen molar-refractivity contribution in [3.63, 3.8) is 0 Å². The molecule has 0 saturated carbocycles. The number of hydrogen-bond acceptors (Lipinski definition) is 2. The molecule has 1 nitrogen and oxygen atoms in total. The number of rotatable bonds is 2. The Bertz CT molecular complexity index is 302. The Balaban J connectivity index is 2.32. The monoisotopic (exact) mass is 210 g/mol. The lowest BCUT2D eigenvalue weighted by atomic mass is 9.91. The molecule has 0 bridgehead atoms. The minimum atomic E-state index is -0.0536. The average molecular weight is 210 g/mol. The second-order valence-electron chi connectivity index (χ2n) is 4.81. The zero-order chi connectivity index (χ0) is 10.2. The van der Waals surface area contributed by atoms with Gasteiger partial charge in [0.1, 0.15) is 0 Å². The van der Waals surface area contributed by atoms with E-state index in [1.54, 1.807) is 4.88 Å². The van der Waals surface area contributed by atoms with Gasteiger partial charge in [-0.2, -0.15) is 0 Å². The number of aliphatic hydroxyl groups excluding tert-OH is 1. The average Bonchev–Trinajstić information content (AvgIpc) is 2.61. The molecule has 0 radical (unpaired) electrons. The molecule has 0 spiro atoms. The topological polar surface area (TPSA) is 20.2 Å². The first-order valence-corrected chi connectivity index (χ1v) is 6.18. The number of aliphatic hydroxyl groups is 1. The van der Waals surface area contributed by atoms with Gasteiger partial charge in [0.2, 0.25) is 0 Å². The highest BCUT2D eigenvalue weighted by atomic mass is 32.1. The van der Waals surface area contributed by atoms with Gasteiger partial charge in [0.05, 0.1) is 6.61 Å². The normalized spacial score (nSPS) is 16.8. The van der Waals surface area contributed by atoms with E-state index >= 15 is 0 Å². The molecule has 0 aromatic carbocycles. The van der Waals surface area contributed by atoms with Crippen molar-refractivity contribution >= 4 is 11.3 Å². The maximum absolute atomic E-state index is 9.32. The van der Waals surface area contributed by atoms with Gasteiger partial charge in [-0.3, -0.25) is 0 Å². The molecule has 1 N–H and O–H groups in total. The summed E-state index contributed by atoms with van der Waals surface area (Å²) in [7, 11) is 0. The van der Waals surface area contributed by atoms with E-state index in [1.165, 1.54) is 36.1 Å². The van der Waals surface area contributed by atoms with Crippen LogP contribution < -0.4 is 0 Å². The van der Waals surface area contributed by atoms with Crippen molar-refractivity contribution in [2.75, 3.05) is 6.61 Å². The number of aryl methyl sites for hydroxylation is 2. The van der Waals surface area contributed by atoms with Crippen LogP contribution in [0.5, 0.6) is 0 Å². The molecule has 1 aromatic rings. The van der Waals surface area contributed by atoms with Gasteiger partial charge in [-0.1, -0.05) is 13.8 Å². The molecule has 1 aliphatic rings. The molecule has 0 aliphatic heterocycles. The molecule has 0 saturated heterocycles. The number of thiophene rings is 1.